The Morgan fingerprint density at radius 2 is 1.88 bits per heavy atom. The highest BCUT2D eigenvalue weighted by Crippen LogP contribution is 2.38. The van der Waals surface area contributed by atoms with E-state index in [-0.39, 0.29) is 11.8 Å². The molecule has 2 aromatic carbocycles. The van der Waals surface area contributed by atoms with Crippen molar-refractivity contribution in [3.63, 3.8) is 0 Å². The van der Waals surface area contributed by atoms with Crippen LogP contribution in [0.2, 0.25) is 5.02 Å². The number of hydrogen-bond donors (Lipinski definition) is 2. The molecule has 4 rings (SSSR count). The van der Waals surface area contributed by atoms with Crippen LogP contribution in [-0.2, 0) is 11.2 Å². The lowest BCUT2D eigenvalue weighted by molar-refractivity contribution is -0.118. The summed E-state index contributed by atoms with van der Waals surface area (Å²) in [6.07, 6.45) is 2.39. The second kappa shape index (κ2) is 9.58. The minimum absolute atomic E-state index is 0.157. The number of benzene rings is 2. The van der Waals surface area contributed by atoms with Gasteiger partial charge in [0.1, 0.15) is 11.5 Å². The van der Waals surface area contributed by atoms with Crippen LogP contribution in [0.1, 0.15) is 39.7 Å². The number of rotatable bonds is 6. The standard InChI is InChI=1S/C23H22ClN3O4S/c1-30-15-10-11-17(18(12-15)31-2)25-22(29)16-4-3-5-19-20(16)26-23(32-19)27-21(28)13-6-8-14(24)9-7-13/h6-12,16H,3-5H2,1-2H3,(H,25,29)(H,26,27,28). The highest BCUT2D eigenvalue weighted by atomic mass is 35.5. The van der Waals surface area contributed by atoms with E-state index in [0.717, 1.165) is 23.4 Å². The molecule has 3 aromatic rings. The number of methoxy groups -OCH3 is 2. The molecule has 0 spiro atoms. The Morgan fingerprint density at radius 3 is 2.59 bits per heavy atom. The van der Waals surface area contributed by atoms with Crippen molar-refractivity contribution in [1.82, 2.24) is 4.98 Å². The second-order valence-corrected chi connectivity index (χ2v) is 8.81. The molecule has 1 atom stereocenters. The van der Waals surface area contributed by atoms with E-state index in [1.165, 1.54) is 11.3 Å². The molecule has 1 heterocycles. The Balaban J connectivity index is 1.51. The monoisotopic (exact) mass is 471 g/mol. The van der Waals surface area contributed by atoms with Gasteiger partial charge in [0, 0.05) is 21.5 Å². The third-order valence-corrected chi connectivity index (χ3v) is 6.56. The Bertz CT molecular complexity index is 1150. The fourth-order valence-electron chi connectivity index (χ4n) is 3.62. The molecule has 2 amide bonds. The largest absolute Gasteiger partial charge is 0.497 e. The van der Waals surface area contributed by atoms with Crippen molar-refractivity contribution in [1.29, 1.82) is 0 Å². The van der Waals surface area contributed by atoms with E-state index >= 15 is 0 Å². The van der Waals surface area contributed by atoms with Crippen LogP contribution in [-0.4, -0.2) is 31.0 Å². The number of aryl methyl sites for hydroxylation is 1. The average Bonchev–Trinajstić information content (AvgIpc) is 3.22. The van der Waals surface area contributed by atoms with E-state index in [1.807, 2.05) is 0 Å². The van der Waals surface area contributed by atoms with E-state index in [9.17, 15) is 9.59 Å². The van der Waals surface area contributed by atoms with Gasteiger partial charge in [-0.25, -0.2) is 4.98 Å². The molecule has 0 bridgehead atoms. The number of ether oxygens (including phenoxy) is 2. The predicted molar refractivity (Wildman–Crippen MR) is 125 cm³/mol. The number of carbonyl (C=O) groups excluding carboxylic acids is 2. The third-order valence-electron chi connectivity index (χ3n) is 5.26. The smallest absolute Gasteiger partial charge is 0.257 e. The number of hydrogen-bond acceptors (Lipinski definition) is 6. The van der Waals surface area contributed by atoms with Crippen molar-refractivity contribution in [3.8, 4) is 11.5 Å². The van der Waals surface area contributed by atoms with E-state index in [0.29, 0.717) is 39.3 Å². The SMILES string of the molecule is COc1ccc(NC(=O)C2CCCc3sc(NC(=O)c4ccc(Cl)cc4)nc32)c(OC)c1. The Labute approximate surface area is 194 Å². The Morgan fingerprint density at radius 1 is 1.09 bits per heavy atom. The van der Waals surface area contributed by atoms with Crippen LogP contribution >= 0.6 is 22.9 Å². The maximum absolute atomic E-state index is 13.1. The highest BCUT2D eigenvalue weighted by molar-refractivity contribution is 7.16. The van der Waals surface area contributed by atoms with E-state index < -0.39 is 5.92 Å². The predicted octanol–water partition coefficient (Wildman–Crippen LogP) is 5.12. The number of halogens is 1. The molecular weight excluding hydrogens is 450 g/mol. The van der Waals surface area contributed by atoms with Crippen molar-refractivity contribution in [2.24, 2.45) is 0 Å². The molecule has 1 unspecified atom stereocenters. The van der Waals surface area contributed by atoms with Crippen LogP contribution in [0.25, 0.3) is 0 Å². The van der Waals surface area contributed by atoms with Gasteiger partial charge in [-0.2, -0.15) is 0 Å². The van der Waals surface area contributed by atoms with Gasteiger partial charge in [-0.3, -0.25) is 14.9 Å². The van der Waals surface area contributed by atoms with E-state index in [1.54, 1.807) is 56.7 Å². The number of nitrogens with one attached hydrogen (secondary N) is 2. The quantitative estimate of drug-likeness (QED) is 0.520. The van der Waals surface area contributed by atoms with Crippen LogP contribution < -0.4 is 20.1 Å². The maximum atomic E-state index is 13.1. The van der Waals surface area contributed by atoms with Gasteiger partial charge in [0.25, 0.3) is 5.91 Å². The van der Waals surface area contributed by atoms with Gasteiger partial charge in [0.2, 0.25) is 5.91 Å². The molecule has 1 aliphatic carbocycles. The molecule has 0 fully saturated rings. The van der Waals surface area contributed by atoms with Crippen molar-refractivity contribution < 1.29 is 19.1 Å². The molecule has 0 aliphatic heterocycles. The first-order chi connectivity index (χ1) is 15.5. The summed E-state index contributed by atoms with van der Waals surface area (Å²) in [6.45, 7) is 0. The van der Waals surface area contributed by atoms with Crippen LogP contribution in [0.3, 0.4) is 0 Å². The van der Waals surface area contributed by atoms with Crippen LogP contribution in [0.4, 0.5) is 10.8 Å². The lowest BCUT2D eigenvalue weighted by Gasteiger charge is -2.21. The lowest BCUT2D eigenvalue weighted by Crippen LogP contribution is -2.25. The summed E-state index contributed by atoms with van der Waals surface area (Å²) >= 11 is 7.30. The number of anilines is 2. The van der Waals surface area contributed by atoms with Crippen LogP contribution in [0.15, 0.2) is 42.5 Å². The fourth-order valence-corrected chi connectivity index (χ4v) is 4.81. The number of nitrogens with zero attached hydrogens (tertiary/aromatic N) is 1. The summed E-state index contributed by atoms with van der Waals surface area (Å²) in [5.74, 6) is 0.332. The summed E-state index contributed by atoms with van der Waals surface area (Å²) in [4.78, 5) is 31.2. The molecule has 0 saturated carbocycles. The zero-order valence-electron chi connectivity index (χ0n) is 17.6. The topological polar surface area (TPSA) is 89.6 Å². The summed E-state index contributed by atoms with van der Waals surface area (Å²) in [5, 5.41) is 6.83. The van der Waals surface area contributed by atoms with Gasteiger partial charge >= 0.3 is 0 Å². The third kappa shape index (κ3) is 4.71. The van der Waals surface area contributed by atoms with Crippen LogP contribution in [0.5, 0.6) is 11.5 Å². The molecule has 9 heteroatoms. The summed E-state index contributed by atoms with van der Waals surface area (Å²) in [7, 11) is 3.11. The lowest BCUT2D eigenvalue weighted by atomic mass is 9.90. The van der Waals surface area contributed by atoms with Gasteiger partial charge in [0.15, 0.2) is 5.13 Å². The summed E-state index contributed by atoms with van der Waals surface area (Å²) in [6, 6.07) is 11.9. The van der Waals surface area contributed by atoms with Gasteiger partial charge in [-0.1, -0.05) is 11.6 Å². The number of fused-ring (bicyclic) bond motifs is 1. The molecule has 0 radical (unpaired) electrons. The molecule has 1 aromatic heterocycles. The second-order valence-electron chi connectivity index (χ2n) is 7.29. The summed E-state index contributed by atoms with van der Waals surface area (Å²) < 4.78 is 10.6. The first kappa shape index (κ1) is 22.1. The first-order valence-electron chi connectivity index (χ1n) is 10.1. The van der Waals surface area contributed by atoms with Crippen LogP contribution in [0, 0.1) is 0 Å². The van der Waals surface area contributed by atoms with Gasteiger partial charge in [-0.05, 0) is 55.7 Å². The minimum Gasteiger partial charge on any atom is -0.497 e. The minimum atomic E-state index is -0.400. The maximum Gasteiger partial charge on any atom is 0.257 e. The van der Waals surface area contributed by atoms with Gasteiger partial charge in [0.05, 0.1) is 31.5 Å². The number of thiazole rings is 1. The van der Waals surface area contributed by atoms with E-state index in [4.69, 9.17) is 21.1 Å². The van der Waals surface area contributed by atoms with Crippen molar-refractivity contribution in [3.05, 3.63) is 63.6 Å². The van der Waals surface area contributed by atoms with Crippen molar-refractivity contribution in [2.45, 2.75) is 25.2 Å². The van der Waals surface area contributed by atoms with Crippen molar-refractivity contribution in [2.75, 3.05) is 24.9 Å². The van der Waals surface area contributed by atoms with Gasteiger partial charge in [-0.15, -0.1) is 11.3 Å². The number of aromatic nitrogens is 1. The molecule has 1 aliphatic rings. The molecule has 32 heavy (non-hydrogen) atoms. The summed E-state index contributed by atoms with van der Waals surface area (Å²) in [5.41, 5.74) is 1.78. The zero-order chi connectivity index (χ0) is 22.7. The van der Waals surface area contributed by atoms with Crippen molar-refractivity contribution >= 4 is 45.6 Å². The molecule has 7 nitrogen and oxygen atoms in total. The zero-order valence-corrected chi connectivity index (χ0v) is 19.2. The van der Waals surface area contributed by atoms with Gasteiger partial charge < -0.3 is 14.8 Å². The molecule has 2 N–H and O–H groups in total. The van der Waals surface area contributed by atoms with E-state index in [2.05, 4.69) is 15.6 Å². The number of amides is 2. The normalized spacial score (nSPS) is 14.9. The average molecular weight is 472 g/mol. The molecular formula is C23H22ClN3O4S. The fraction of sp³-hybridized carbons (Fsp3) is 0.261. The molecule has 166 valence electrons. The Hall–Kier alpha value is -3.10. The first-order valence-corrected chi connectivity index (χ1v) is 11.3. The Kier molecular flexibility index (Phi) is 6.62. The number of carbonyl (C=O) groups is 2. The molecule has 0 saturated heterocycles. The highest BCUT2D eigenvalue weighted by Gasteiger charge is 2.31.